The number of rotatable bonds is 7. The lowest BCUT2D eigenvalue weighted by Gasteiger charge is -2.14. The second-order valence-corrected chi connectivity index (χ2v) is 7.88. The summed E-state index contributed by atoms with van der Waals surface area (Å²) in [5, 5.41) is 10.8. The summed E-state index contributed by atoms with van der Waals surface area (Å²) in [5.41, 5.74) is 1.22. The number of ether oxygens (including phenoxy) is 1. The molecule has 0 saturated heterocycles. The van der Waals surface area contributed by atoms with E-state index in [0.717, 1.165) is 6.26 Å². The third kappa shape index (κ3) is 5.02. The summed E-state index contributed by atoms with van der Waals surface area (Å²) in [7, 11) is -3.42. The molecule has 150 valence electrons. The van der Waals surface area contributed by atoms with Crippen LogP contribution >= 0.6 is 0 Å². The second-order valence-electron chi connectivity index (χ2n) is 6.13. The molecule has 0 aliphatic rings. The monoisotopic (exact) mass is 415 g/mol. The van der Waals surface area contributed by atoms with Crippen LogP contribution in [0.2, 0.25) is 0 Å². The number of sulfonamides is 1. The lowest BCUT2D eigenvalue weighted by molar-refractivity contribution is 0.0318. The molecule has 2 aromatic carbocycles. The van der Waals surface area contributed by atoms with Crippen LogP contribution in [0.25, 0.3) is 5.69 Å². The minimum atomic E-state index is -3.42. The molecule has 0 aliphatic heterocycles. The molecule has 3 rings (SSSR count). The van der Waals surface area contributed by atoms with Gasteiger partial charge in [-0.1, -0.05) is 12.1 Å². The normalized spacial score (nSPS) is 12.2. The Hall–Kier alpha value is -3.60. The third-order valence-electron chi connectivity index (χ3n) is 3.85. The average molecular weight is 415 g/mol. The minimum Gasteiger partial charge on any atom is -0.451 e. The number of carbonyl (C=O) groups excluding carboxylic acids is 2. The van der Waals surface area contributed by atoms with Crippen molar-refractivity contribution in [1.82, 2.24) is 20.2 Å². The number of hydrogen-bond donors (Lipinski definition) is 1. The van der Waals surface area contributed by atoms with E-state index in [1.54, 1.807) is 24.3 Å². The zero-order chi connectivity index (χ0) is 21.0. The molecule has 0 bridgehead atoms. The van der Waals surface area contributed by atoms with Crippen molar-refractivity contribution in [3.63, 3.8) is 0 Å². The summed E-state index contributed by atoms with van der Waals surface area (Å²) < 4.78 is 31.4. The van der Waals surface area contributed by atoms with Crippen LogP contribution in [0.15, 0.2) is 54.9 Å². The molecule has 0 spiro atoms. The van der Waals surface area contributed by atoms with Gasteiger partial charge in [0.05, 0.1) is 17.5 Å². The van der Waals surface area contributed by atoms with E-state index >= 15 is 0 Å². The Balaban J connectivity index is 1.73. The van der Waals surface area contributed by atoms with Gasteiger partial charge in [-0.15, -0.1) is 5.10 Å². The van der Waals surface area contributed by atoms with Crippen molar-refractivity contribution >= 4 is 27.5 Å². The molecule has 0 aliphatic carbocycles. The number of nitrogens with zero attached hydrogens (tertiary/aromatic N) is 4. The van der Waals surface area contributed by atoms with Crippen molar-refractivity contribution in [2.24, 2.45) is 0 Å². The number of hydrogen-bond acceptors (Lipinski definition) is 8. The molecule has 1 heterocycles. The first kappa shape index (κ1) is 20.1. The summed E-state index contributed by atoms with van der Waals surface area (Å²) in [6.45, 7) is 1.46. The number of aromatic nitrogens is 4. The average Bonchev–Trinajstić information content (AvgIpc) is 3.21. The molecule has 10 nitrogen and oxygen atoms in total. The fourth-order valence-corrected chi connectivity index (χ4v) is 3.11. The molecule has 0 saturated carbocycles. The number of carbonyl (C=O) groups is 2. The van der Waals surface area contributed by atoms with Gasteiger partial charge in [-0.05, 0) is 53.7 Å². The van der Waals surface area contributed by atoms with Crippen molar-refractivity contribution in [2.45, 2.75) is 13.0 Å². The lowest BCUT2D eigenvalue weighted by Crippen LogP contribution is -2.25. The smallest absolute Gasteiger partial charge is 0.341 e. The zero-order valence-electron chi connectivity index (χ0n) is 15.5. The number of benzene rings is 2. The van der Waals surface area contributed by atoms with Gasteiger partial charge in [-0.2, -0.15) is 4.68 Å². The molecule has 0 radical (unpaired) electrons. The van der Waals surface area contributed by atoms with E-state index in [1.807, 2.05) is 0 Å². The number of tetrazole rings is 1. The Morgan fingerprint density at radius 1 is 1.10 bits per heavy atom. The first-order valence-corrected chi connectivity index (χ1v) is 10.3. The lowest BCUT2D eigenvalue weighted by atomic mass is 10.1. The van der Waals surface area contributed by atoms with Crippen molar-refractivity contribution in [2.75, 3.05) is 11.0 Å². The number of Topliss-reactive ketones (excluding diaryl/α,β-unsaturated/α-hetero) is 1. The number of ketones is 1. The van der Waals surface area contributed by atoms with Gasteiger partial charge in [0.2, 0.25) is 15.8 Å². The molecule has 29 heavy (non-hydrogen) atoms. The van der Waals surface area contributed by atoms with Crippen molar-refractivity contribution in [3.05, 3.63) is 66.0 Å². The molecule has 0 fully saturated rings. The van der Waals surface area contributed by atoms with E-state index < -0.39 is 27.9 Å². The van der Waals surface area contributed by atoms with E-state index in [1.165, 1.54) is 42.2 Å². The van der Waals surface area contributed by atoms with Crippen LogP contribution in [-0.4, -0.2) is 52.7 Å². The molecule has 1 N–H and O–H groups in total. The van der Waals surface area contributed by atoms with Crippen LogP contribution in [0.5, 0.6) is 0 Å². The number of esters is 1. The fourth-order valence-electron chi connectivity index (χ4n) is 2.55. The second kappa shape index (κ2) is 8.19. The Kier molecular flexibility index (Phi) is 5.69. The van der Waals surface area contributed by atoms with Crippen LogP contribution in [-0.2, 0) is 14.8 Å². The molecule has 11 heteroatoms. The van der Waals surface area contributed by atoms with Crippen LogP contribution in [0.3, 0.4) is 0 Å². The maximum Gasteiger partial charge on any atom is 0.341 e. The van der Waals surface area contributed by atoms with E-state index in [4.69, 9.17) is 4.74 Å². The third-order valence-corrected chi connectivity index (χ3v) is 4.45. The molecule has 1 atom stereocenters. The van der Waals surface area contributed by atoms with Gasteiger partial charge in [0.1, 0.15) is 6.33 Å². The molecular weight excluding hydrogens is 398 g/mol. The van der Waals surface area contributed by atoms with Crippen LogP contribution in [0.4, 0.5) is 5.69 Å². The van der Waals surface area contributed by atoms with Gasteiger partial charge in [0, 0.05) is 11.3 Å². The molecule has 0 amide bonds. The van der Waals surface area contributed by atoms with Crippen molar-refractivity contribution in [3.8, 4) is 5.69 Å². The van der Waals surface area contributed by atoms with Gasteiger partial charge in [0.15, 0.2) is 6.10 Å². The summed E-state index contributed by atoms with van der Waals surface area (Å²) in [5.74, 6) is -1.13. The Labute approximate surface area is 166 Å². The predicted molar refractivity (Wildman–Crippen MR) is 103 cm³/mol. The van der Waals surface area contributed by atoms with Gasteiger partial charge >= 0.3 is 5.97 Å². The van der Waals surface area contributed by atoms with Crippen molar-refractivity contribution in [1.29, 1.82) is 0 Å². The summed E-state index contributed by atoms with van der Waals surface area (Å²) in [6.07, 6.45) is 1.31. The van der Waals surface area contributed by atoms with Gasteiger partial charge in [0.25, 0.3) is 0 Å². The first-order valence-electron chi connectivity index (χ1n) is 8.40. The highest BCUT2D eigenvalue weighted by molar-refractivity contribution is 7.92. The molecule has 1 aromatic heterocycles. The Bertz CT molecular complexity index is 1130. The number of anilines is 1. The van der Waals surface area contributed by atoms with E-state index in [0.29, 0.717) is 11.4 Å². The van der Waals surface area contributed by atoms with E-state index in [-0.39, 0.29) is 11.1 Å². The summed E-state index contributed by atoms with van der Waals surface area (Å²) in [6, 6.07) is 12.4. The Morgan fingerprint density at radius 3 is 2.41 bits per heavy atom. The van der Waals surface area contributed by atoms with E-state index in [9.17, 15) is 18.0 Å². The molecular formula is C18H17N5O5S. The SMILES string of the molecule is C[C@@H](OC(=O)c1ccccc1-n1cnnn1)C(=O)c1ccc(NS(C)(=O)=O)cc1. The quantitative estimate of drug-likeness (QED) is 0.453. The first-order chi connectivity index (χ1) is 13.7. The largest absolute Gasteiger partial charge is 0.451 e. The predicted octanol–water partition coefficient (Wildman–Crippen LogP) is 1.46. The maximum absolute atomic E-state index is 12.6. The Morgan fingerprint density at radius 2 is 1.79 bits per heavy atom. The topological polar surface area (TPSA) is 133 Å². The van der Waals surface area contributed by atoms with Crippen LogP contribution in [0.1, 0.15) is 27.6 Å². The van der Waals surface area contributed by atoms with Crippen molar-refractivity contribution < 1.29 is 22.7 Å². The highest BCUT2D eigenvalue weighted by atomic mass is 32.2. The maximum atomic E-state index is 12.6. The van der Waals surface area contributed by atoms with Gasteiger partial charge in [-0.25, -0.2) is 13.2 Å². The fraction of sp³-hybridized carbons (Fsp3) is 0.167. The zero-order valence-corrected chi connectivity index (χ0v) is 16.3. The van der Waals surface area contributed by atoms with E-state index in [2.05, 4.69) is 20.2 Å². The van der Waals surface area contributed by atoms with Crippen LogP contribution < -0.4 is 4.72 Å². The highest BCUT2D eigenvalue weighted by Gasteiger charge is 2.22. The van der Waals surface area contributed by atoms with Gasteiger partial charge in [-0.3, -0.25) is 9.52 Å². The highest BCUT2D eigenvalue weighted by Crippen LogP contribution is 2.17. The van der Waals surface area contributed by atoms with Crippen LogP contribution in [0, 0.1) is 0 Å². The summed E-state index contributed by atoms with van der Waals surface area (Å²) >= 11 is 0. The number of nitrogens with one attached hydrogen (secondary N) is 1. The summed E-state index contributed by atoms with van der Waals surface area (Å²) in [4.78, 5) is 25.2. The number of para-hydroxylation sites is 1. The molecule has 0 unspecified atom stereocenters. The standard InChI is InChI=1S/C18H17N5O5S/c1-12(17(24)13-7-9-14(10-8-13)20-29(2,26)27)28-18(25)15-5-3-4-6-16(15)23-11-19-21-22-23/h3-12,20H,1-2H3/t12-/m1/s1. The van der Waals surface area contributed by atoms with Gasteiger partial charge < -0.3 is 4.74 Å². The molecule has 3 aromatic rings. The minimum absolute atomic E-state index is 0.201.